The molecule has 0 atom stereocenters. The van der Waals surface area contributed by atoms with Crippen LogP contribution in [0.5, 0.6) is 0 Å². The Morgan fingerprint density at radius 1 is 1.22 bits per heavy atom. The number of hydrogen-bond acceptors (Lipinski definition) is 4. The van der Waals surface area contributed by atoms with E-state index in [4.69, 9.17) is 4.74 Å². The summed E-state index contributed by atoms with van der Waals surface area (Å²) in [6.07, 6.45) is 0.595. The molecule has 1 heterocycles. The first-order chi connectivity index (χ1) is 8.77. The van der Waals surface area contributed by atoms with E-state index < -0.39 is 0 Å². The number of carbonyl (C=O) groups is 1. The Morgan fingerprint density at radius 3 is 2.50 bits per heavy atom. The number of hydrogen-bond donors (Lipinski definition) is 1. The molecular weight excluding hydrogens is 230 g/mol. The molecule has 0 radical (unpaired) electrons. The first kappa shape index (κ1) is 15.4. The number of nitrogens with zero attached hydrogens (tertiary/aromatic N) is 2. The van der Waals surface area contributed by atoms with Gasteiger partial charge < -0.3 is 19.9 Å². The van der Waals surface area contributed by atoms with Crippen LogP contribution in [-0.4, -0.2) is 74.7 Å². The molecule has 0 aromatic heterocycles. The number of likely N-dealkylation sites (N-methyl/N-ethyl adjacent to an activating group) is 1. The first-order valence-corrected chi connectivity index (χ1v) is 7.06. The molecule has 0 aromatic rings. The Morgan fingerprint density at radius 2 is 1.89 bits per heavy atom. The molecule has 1 N–H and O–H groups in total. The van der Waals surface area contributed by atoms with Crippen molar-refractivity contribution in [1.29, 1.82) is 0 Å². The van der Waals surface area contributed by atoms with Gasteiger partial charge >= 0.3 is 0 Å². The summed E-state index contributed by atoms with van der Waals surface area (Å²) in [6, 6.07) is 0. The smallest absolute Gasteiger partial charge is 0.224 e. The highest BCUT2D eigenvalue weighted by molar-refractivity contribution is 5.76. The van der Waals surface area contributed by atoms with Gasteiger partial charge in [0.15, 0.2) is 0 Å². The average Bonchev–Trinajstić information content (AvgIpc) is 2.43. The molecule has 1 fully saturated rings. The Labute approximate surface area is 110 Å². The van der Waals surface area contributed by atoms with Crippen LogP contribution >= 0.6 is 0 Å². The minimum atomic E-state index is 0.244. The number of nitrogens with one attached hydrogen (secondary N) is 1. The van der Waals surface area contributed by atoms with Gasteiger partial charge in [-0.2, -0.15) is 0 Å². The van der Waals surface area contributed by atoms with Crippen molar-refractivity contribution < 1.29 is 9.53 Å². The molecule has 0 unspecified atom stereocenters. The zero-order valence-electron chi connectivity index (χ0n) is 11.8. The SMILES string of the molecule is CCN(CC)CCNCCC(=O)N1CCOCC1. The van der Waals surface area contributed by atoms with E-state index in [9.17, 15) is 4.79 Å². The molecule has 1 aliphatic heterocycles. The lowest BCUT2D eigenvalue weighted by Gasteiger charge is -2.27. The zero-order chi connectivity index (χ0) is 13.2. The maximum Gasteiger partial charge on any atom is 0.224 e. The molecule has 106 valence electrons. The van der Waals surface area contributed by atoms with Gasteiger partial charge in [-0.3, -0.25) is 4.79 Å². The van der Waals surface area contributed by atoms with Crippen LogP contribution in [0.1, 0.15) is 20.3 Å². The van der Waals surface area contributed by atoms with Crippen molar-refractivity contribution in [2.45, 2.75) is 20.3 Å². The second-order valence-electron chi connectivity index (χ2n) is 4.52. The van der Waals surface area contributed by atoms with E-state index in [1.165, 1.54) is 0 Å². The predicted molar refractivity (Wildman–Crippen MR) is 72.7 cm³/mol. The molecule has 0 saturated carbocycles. The standard InChI is InChI=1S/C13H27N3O2/c1-3-15(4-2)8-7-14-6-5-13(17)16-9-11-18-12-10-16/h14H,3-12H2,1-2H3. The predicted octanol–water partition coefficient (Wildman–Crippen LogP) is 0.167. The van der Waals surface area contributed by atoms with Gasteiger partial charge in [0.25, 0.3) is 0 Å². The summed E-state index contributed by atoms with van der Waals surface area (Å²) in [6.45, 7) is 12.2. The van der Waals surface area contributed by atoms with Crippen molar-refractivity contribution in [2.24, 2.45) is 0 Å². The Kier molecular flexibility index (Phi) is 7.96. The number of ether oxygens (including phenoxy) is 1. The Bertz CT molecular complexity index is 226. The van der Waals surface area contributed by atoms with E-state index in [2.05, 4.69) is 24.1 Å². The van der Waals surface area contributed by atoms with Crippen molar-refractivity contribution in [3.63, 3.8) is 0 Å². The number of morpholine rings is 1. The van der Waals surface area contributed by atoms with Gasteiger partial charge in [-0.1, -0.05) is 13.8 Å². The van der Waals surface area contributed by atoms with E-state index in [0.717, 1.165) is 45.8 Å². The summed E-state index contributed by atoms with van der Waals surface area (Å²) < 4.78 is 5.23. The Hall–Kier alpha value is -0.650. The summed E-state index contributed by atoms with van der Waals surface area (Å²) >= 11 is 0. The molecule has 5 heteroatoms. The molecule has 0 aliphatic carbocycles. The summed E-state index contributed by atoms with van der Waals surface area (Å²) in [7, 11) is 0. The first-order valence-electron chi connectivity index (χ1n) is 7.06. The topological polar surface area (TPSA) is 44.8 Å². The van der Waals surface area contributed by atoms with Gasteiger partial charge in [-0.15, -0.1) is 0 Å². The maximum atomic E-state index is 11.8. The third-order valence-corrected chi connectivity index (χ3v) is 3.38. The van der Waals surface area contributed by atoms with Crippen LogP contribution in [-0.2, 0) is 9.53 Å². The fourth-order valence-electron chi connectivity index (χ4n) is 2.07. The third-order valence-electron chi connectivity index (χ3n) is 3.38. The quantitative estimate of drug-likeness (QED) is 0.630. The van der Waals surface area contributed by atoms with E-state index in [0.29, 0.717) is 19.6 Å². The molecule has 18 heavy (non-hydrogen) atoms. The monoisotopic (exact) mass is 257 g/mol. The highest BCUT2D eigenvalue weighted by Crippen LogP contribution is 1.99. The van der Waals surface area contributed by atoms with E-state index >= 15 is 0 Å². The summed E-state index contributed by atoms with van der Waals surface area (Å²) in [5.41, 5.74) is 0. The molecule has 1 saturated heterocycles. The summed E-state index contributed by atoms with van der Waals surface area (Å²) in [4.78, 5) is 16.1. The summed E-state index contributed by atoms with van der Waals surface area (Å²) in [5, 5.41) is 3.33. The molecule has 1 rings (SSSR count). The lowest BCUT2D eigenvalue weighted by Crippen LogP contribution is -2.42. The van der Waals surface area contributed by atoms with Gasteiger partial charge in [0.05, 0.1) is 13.2 Å². The fraction of sp³-hybridized carbons (Fsp3) is 0.923. The van der Waals surface area contributed by atoms with Crippen molar-refractivity contribution in [3.8, 4) is 0 Å². The minimum Gasteiger partial charge on any atom is -0.378 e. The number of rotatable bonds is 8. The zero-order valence-corrected chi connectivity index (χ0v) is 11.8. The van der Waals surface area contributed by atoms with Gasteiger partial charge in [-0.05, 0) is 13.1 Å². The minimum absolute atomic E-state index is 0.244. The lowest BCUT2D eigenvalue weighted by molar-refractivity contribution is -0.135. The largest absolute Gasteiger partial charge is 0.378 e. The van der Waals surface area contributed by atoms with Crippen LogP contribution in [0.3, 0.4) is 0 Å². The van der Waals surface area contributed by atoms with Crippen LogP contribution in [0.15, 0.2) is 0 Å². The number of carbonyl (C=O) groups excluding carboxylic acids is 1. The lowest BCUT2D eigenvalue weighted by atomic mass is 10.3. The molecule has 0 spiro atoms. The molecule has 0 aromatic carbocycles. The van der Waals surface area contributed by atoms with E-state index in [1.807, 2.05) is 4.90 Å². The Balaban J connectivity index is 2.01. The molecule has 1 amide bonds. The van der Waals surface area contributed by atoms with Crippen LogP contribution in [0, 0.1) is 0 Å². The highest BCUT2D eigenvalue weighted by atomic mass is 16.5. The normalized spacial score (nSPS) is 16.3. The maximum absolute atomic E-state index is 11.8. The highest BCUT2D eigenvalue weighted by Gasteiger charge is 2.15. The van der Waals surface area contributed by atoms with Crippen LogP contribution in [0.4, 0.5) is 0 Å². The second kappa shape index (κ2) is 9.30. The van der Waals surface area contributed by atoms with Crippen molar-refractivity contribution >= 4 is 5.91 Å². The van der Waals surface area contributed by atoms with Gasteiger partial charge in [0.2, 0.25) is 5.91 Å². The van der Waals surface area contributed by atoms with Crippen molar-refractivity contribution in [3.05, 3.63) is 0 Å². The van der Waals surface area contributed by atoms with Gasteiger partial charge in [-0.25, -0.2) is 0 Å². The second-order valence-corrected chi connectivity index (χ2v) is 4.52. The van der Waals surface area contributed by atoms with Crippen LogP contribution in [0.2, 0.25) is 0 Å². The van der Waals surface area contributed by atoms with Crippen molar-refractivity contribution in [2.75, 3.05) is 59.0 Å². The fourth-order valence-corrected chi connectivity index (χ4v) is 2.07. The summed E-state index contributed by atoms with van der Waals surface area (Å²) in [5.74, 6) is 0.244. The van der Waals surface area contributed by atoms with E-state index in [1.54, 1.807) is 0 Å². The molecule has 0 bridgehead atoms. The van der Waals surface area contributed by atoms with Crippen LogP contribution < -0.4 is 5.32 Å². The van der Waals surface area contributed by atoms with Crippen molar-refractivity contribution in [1.82, 2.24) is 15.1 Å². The van der Waals surface area contributed by atoms with Gasteiger partial charge in [0, 0.05) is 39.1 Å². The van der Waals surface area contributed by atoms with Crippen LogP contribution in [0.25, 0.3) is 0 Å². The van der Waals surface area contributed by atoms with Gasteiger partial charge in [0.1, 0.15) is 0 Å². The molecule has 5 nitrogen and oxygen atoms in total. The molecular formula is C13H27N3O2. The third kappa shape index (κ3) is 5.80. The number of amides is 1. The average molecular weight is 257 g/mol. The van der Waals surface area contributed by atoms with E-state index in [-0.39, 0.29) is 5.91 Å². The molecule has 1 aliphatic rings.